The van der Waals surface area contributed by atoms with Gasteiger partial charge in [0.05, 0.1) is 0 Å². The second kappa shape index (κ2) is 5.95. The molecule has 0 bridgehead atoms. The maximum atomic E-state index is 12.9. The van der Waals surface area contributed by atoms with Crippen molar-refractivity contribution >= 4 is 5.91 Å². The van der Waals surface area contributed by atoms with E-state index in [2.05, 4.69) is 5.32 Å². The van der Waals surface area contributed by atoms with E-state index in [0.717, 1.165) is 0 Å². The van der Waals surface area contributed by atoms with E-state index >= 15 is 0 Å². The lowest BCUT2D eigenvalue weighted by atomic mass is 10.2. The predicted molar refractivity (Wildman–Crippen MR) is 68.9 cm³/mol. The number of amides is 1. The van der Waals surface area contributed by atoms with Gasteiger partial charge < -0.3 is 9.88 Å². The van der Waals surface area contributed by atoms with Crippen molar-refractivity contribution in [3.05, 3.63) is 70.4 Å². The molecule has 0 atom stereocenters. The highest BCUT2D eigenvalue weighted by atomic mass is 19.1. The second-order valence-corrected chi connectivity index (χ2v) is 4.07. The molecule has 0 aliphatic carbocycles. The Morgan fingerprint density at radius 3 is 2.79 bits per heavy atom. The topological polar surface area (TPSA) is 51.1 Å². The molecule has 0 saturated heterocycles. The third-order valence-corrected chi connectivity index (χ3v) is 2.59. The van der Waals surface area contributed by atoms with Gasteiger partial charge in [0, 0.05) is 18.8 Å². The highest BCUT2D eigenvalue weighted by molar-refractivity contribution is 5.75. The third kappa shape index (κ3) is 3.77. The molecular formula is C14H13FN2O2. The molecule has 0 saturated carbocycles. The standard InChI is InChI=1S/C14H13FN2O2/c15-12-5-3-4-11(8-12)9-16-13(18)10-17-7-2-1-6-14(17)19/h1-8H,9-10H2,(H,16,18). The van der Waals surface area contributed by atoms with Gasteiger partial charge in [-0.15, -0.1) is 0 Å². The number of halogens is 1. The van der Waals surface area contributed by atoms with Gasteiger partial charge >= 0.3 is 0 Å². The van der Waals surface area contributed by atoms with Gasteiger partial charge in [-0.05, 0) is 23.8 Å². The first-order valence-corrected chi connectivity index (χ1v) is 5.82. The molecule has 4 nitrogen and oxygen atoms in total. The van der Waals surface area contributed by atoms with E-state index in [4.69, 9.17) is 0 Å². The van der Waals surface area contributed by atoms with Crippen molar-refractivity contribution in [1.29, 1.82) is 0 Å². The number of nitrogens with one attached hydrogen (secondary N) is 1. The molecule has 19 heavy (non-hydrogen) atoms. The largest absolute Gasteiger partial charge is 0.350 e. The zero-order valence-corrected chi connectivity index (χ0v) is 10.2. The van der Waals surface area contributed by atoms with Crippen molar-refractivity contribution in [3.8, 4) is 0 Å². The van der Waals surface area contributed by atoms with Gasteiger partial charge in [0.25, 0.3) is 5.56 Å². The summed E-state index contributed by atoms with van der Waals surface area (Å²) in [5.41, 5.74) is 0.442. The Labute approximate surface area is 109 Å². The van der Waals surface area contributed by atoms with Crippen LogP contribution in [0.2, 0.25) is 0 Å². The SMILES string of the molecule is O=C(Cn1ccccc1=O)NCc1cccc(F)c1. The minimum Gasteiger partial charge on any atom is -0.350 e. The minimum atomic E-state index is -0.342. The number of hydrogen-bond donors (Lipinski definition) is 1. The average molecular weight is 260 g/mol. The van der Waals surface area contributed by atoms with Crippen molar-refractivity contribution in [2.75, 3.05) is 0 Å². The van der Waals surface area contributed by atoms with Crippen molar-refractivity contribution < 1.29 is 9.18 Å². The van der Waals surface area contributed by atoms with Crippen LogP contribution in [0.1, 0.15) is 5.56 Å². The fourth-order valence-electron chi connectivity index (χ4n) is 1.65. The highest BCUT2D eigenvalue weighted by Gasteiger charge is 2.04. The van der Waals surface area contributed by atoms with E-state index < -0.39 is 0 Å². The number of aromatic nitrogens is 1. The maximum Gasteiger partial charge on any atom is 0.250 e. The van der Waals surface area contributed by atoms with E-state index in [1.54, 1.807) is 30.5 Å². The summed E-state index contributed by atoms with van der Waals surface area (Å²) in [6, 6.07) is 10.7. The third-order valence-electron chi connectivity index (χ3n) is 2.59. The Bertz CT molecular complexity index is 637. The monoisotopic (exact) mass is 260 g/mol. The van der Waals surface area contributed by atoms with Crippen LogP contribution in [0.15, 0.2) is 53.5 Å². The predicted octanol–water partition coefficient (Wildman–Crippen LogP) is 1.30. The zero-order valence-electron chi connectivity index (χ0n) is 10.2. The Kier molecular flexibility index (Phi) is 4.07. The van der Waals surface area contributed by atoms with Crippen LogP contribution in [0.3, 0.4) is 0 Å². The number of carbonyl (C=O) groups is 1. The number of benzene rings is 1. The quantitative estimate of drug-likeness (QED) is 0.901. The van der Waals surface area contributed by atoms with Crippen LogP contribution >= 0.6 is 0 Å². The van der Waals surface area contributed by atoms with Gasteiger partial charge in [-0.25, -0.2) is 4.39 Å². The molecule has 1 aromatic heterocycles. The lowest BCUT2D eigenvalue weighted by Crippen LogP contribution is -2.31. The van der Waals surface area contributed by atoms with E-state index in [9.17, 15) is 14.0 Å². The van der Waals surface area contributed by atoms with Crippen LogP contribution in [0.25, 0.3) is 0 Å². The molecule has 0 spiro atoms. The summed E-state index contributed by atoms with van der Waals surface area (Å²) in [7, 11) is 0. The summed E-state index contributed by atoms with van der Waals surface area (Å²) >= 11 is 0. The van der Waals surface area contributed by atoms with Gasteiger partial charge in [-0.2, -0.15) is 0 Å². The van der Waals surface area contributed by atoms with Gasteiger partial charge in [-0.3, -0.25) is 9.59 Å². The van der Waals surface area contributed by atoms with Crippen molar-refractivity contribution in [2.45, 2.75) is 13.1 Å². The molecule has 0 unspecified atom stereocenters. The molecular weight excluding hydrogens is 247 g/mol. The van der Waals surface area contributed by atoms with E-state index in [1.807, 2.05) is 0 Å². The Hall–Kier alpha value is -2.43. The molecule has 1 N–H and O–H groups in total. The smallest absolute Gasteiger partial charge is 0.250 e. The molecule has 5 heteroatoms. The van der Waals surface area contributed by atoms with E-state index in [1.165, 1.54) is 22.8 Å². The Balaban J connectivity index is 1.92. The van der Waals surface area contributed by atoms with Crippen LogP contribution in [0.4, 0.5) is 4.39 Å². The first-order valence-electron chi connectivity index (χ1n) is 5.82. The number of rotatable bonds is 4. The number of carbonyl (C=O) groups excluding carboxylic acids is 1. The van der Waals surface area contributed by atoms with Crippen LogP contribution < -0.4 is 10.9 Å². The van der Waals surface area contributed by atoms with Gasteiger partial charge in [0.1, 0.15) is 12.4 Å². The van der Waals surface area contributed by atoms with E-state index in [0.29, 0.717) is 5.56 Å². The molecule has 1 amide bonds. The van der Waals surface area contributed by atoms with Crippen LogP contribution in [0.5, 0.6) is 0 Å². The maximum absolute atomic E-state index is 12.9. The second-order valence-electron chi connectivity index (χ2n) is 4.07. The van der Waals surface area contributed by atoms with Crippen molar-refractivity contribution in [3.63, 3.8) is 0 Å². The van der Waals surface area contributed by atoms with Crippen molar-refractivity contribution in [1.82, 2.24) is 9.88 Å². The lowest BCUT2D eigenvalue weighted by molar-refractivity contribution is -0.121. The molecule has 98 valence electrons. The van der Waals surface area contributed by atoms with Gasteiger partial charge in [0.15, 0.2) is 0 Å². The Morgan fingerprint density at radius 1 is 1.21 bits per heavy atom. The normalized spacial score (nSPS) is 10.2. The molecule has 2 rings (SSSR count). The summed E-state index contributed by atoms with van der Waals surface area (Å²) in [6.07, 6.45) is 1.55. The molecule has 2 aromatic rings. The van der Waals surface area contributed by atoms with Gasteiger partial charge in [0.2, 0.25) is 5.91 Å². The Morgan fingerprint density at radius 2 is 2.05 bits per heavy atom. The van der Waals surface area contributed by atoms with Crippen LogP contribution in [-0.2, 0) is 17.9 Å². The molecule has 0 fully saturated rings. The van der Waals surface area contributed by atoms with Crippen LogP contribution in [-0.4, -0.2) is 10.5 Å². The average Bonchev–Trinajstić information content (AvgIpc) is 2.39. The summed E-state index contributed by atoms with van der Waals surface area (Å²) in [5.74, 6) is -0.636. The summed E-state index contributed by atoms with van der Waals surface area (Å²) < 4.78 is 14.2. The number of hydrogen-bond acceptors (Lipinski definition) is 2. The fraction of sp³-hybridized carbons (Fsp3) is 0.143. The van der Waals surface area contributed by atoms with Gasteiger partial charge in [-0.1, -0.05) is 18.2 Å². The molecule has 0 radical (unpaired) electrons. The number of pyridine rings is 1. The highest BCUT2D eigenvalue weighted by Crippen LogP contribution is 2.02. The minimum absolute atomic E-state index is 0.0466. The number of nitrogens with zero attached hydrogens (tertiary/aromatic N) is 1. The molecule has 0 aliphatic heterocycles. The molecule has 1 heterocycles. The zero-order chi connectivity index (χ0) is 13.7. The summed E-state index contributed by atoms with van der Waals surface area (Å²) in [5, 5.41) is 2.64. The van der Waals surface area contributed by atoms with Crippen molar-refractivity contribution in [2.24, 2.45) is 0 Å². The molecule has 1 aromatic carbocycles. The fourth-order valence-corrected chi connectivity index (χ4v) is 1.65. The lowest BCUT2D eigenvalue weighted by Gasteiger charge is -2.07. The summed E-state index contributed by atoms with van der Waals surface area (Å²) in [4.78, 5) is 23.1. The van der Waals surface area contributed by atoms with Crippen LogP contribution in [0, 0.1) is 5.82 Å². The first-order chi connectivity index (χ1) is 9.15. The molecule has 0 aliphatic rings. The summed E-state index contributed by atoms with van der Waals surface area (Å²) in [6.45, 7) is 0.188. The first kappa shape index (κ1) is 13.0. The van der Waals surface area contributed by atoms with E-state index in [-0.39, 0.29) is 30.4 Å².